The molecule has 1 aliphatic rings. The molecule has 0 aliphatic heterocycles. The van der Waals surface area contributed by atoms with Crippen molar-refractivity contribution in [1.29, 1.82) is 0 Å². The lowest BCUT2D eigenvalue weighted by molar-refractivity contribution is -0.138. The molecule has 0 spiro atoms. The van der Waals surface area contributed by atoms with Crippen LogP contribution in [0.4, 0.5) is 4.79 Å². The van der Waals surface area contributed by atoms with Gasteiger partial charge in [-0.2, -0.15) is 0 Å². The van der Waals surface area contributed by atoms with E-state index in [4.69, 9.17) is 9.84 Å². The first-order valence-corrected chi connectivity index (χ1v) is 11.9. The highest BCUT2D eigenvalue weighted by Gasteiger charge is 2.32. The molecular formula is C27H34N2O5. The highest BCUT2D eigenvalue weighted by atomic mass is 16.5. The molecule has 2 aromatic rings. The van der Waals surface area contributed by atoms with Crippen molar-refractivity contribution >= 4 is 18.0 Å². The van der Waals surface area contributed by atoms with Gasteiger partial charge in [-0.25, -0.2) is 4.79 Å². The Morgan fingerprint density at radius 2 is 1.50 bits per heavy atom. The number of fused-ring (bicyclic) bond motifs is 3. The predicted molar refractivity (Wildman–Crippen MR) is 130 cm³/mol. The molecule has 3 atom stereocenters. The molecule has 3 N–H and O–H groups in total. The summed E-state index contributed by atoms with van der Waals surface area (Å²) < 4.78 is 5.61. The third-order valence-corrected chi connectivity index (χ3v) is 6.64. The number of benzene rings is 2. The number of carboxylic acids is 1. The third kappa shape index (κ3) is 5.76. The Hall–Kier alpha value is -3.35. The lowest BCUT2D eigenvalue weighted by atomic mass is 9.96. The van der Waals surface area contributed by atoms with Crippen LogP contribution in [0.25, 0.3) is 11.1 Å². The van der Waals surface area contributed by atoms with Crippen molar-refractivity contribution in [2.75, 3.05) is 6.61 Å². The van der Waals surface area contributed by atoms with Crippen LogP contribution in [0.2, 0.25) is 0 Å². The van der Waals surface area contributed by atoms with E-state index in [0.717, 1.165) is 22.3 Å². The lowest BCUT2D eigenvalue weighted by Crippen LogP contribution is -2.54. The first-order chi connectivity index (χ1) is 16.2. The smallest absolute Gasteiger partial charge is 0.407 e. The largest absolute Gasteiger partial charge is 0.481 e. The van der Waals surface area contributed by atoms with Gasteiger partial charge in [-0.3, -0.25) is 9.59 Å². The SMILES string of the molecule is CC[C@H](C)[C@H](NC(=O)OCC1c2ccccc2-c2ccccc21)C(=O)NC(CC(=O)O)C(C)C. The van der Waals surface area contributed by atoms with Crippen LogP contribution in [0.1, 0.15) is 57.6 Å². The molecule has 2 aromatic carbocycles. The van der Waals surface area contributed by atoms with Crippen molar-refractivity contribution in [1.82, 2.24) is 10.6 Å². The van der Waals surface area contributed by atoms with Gasteiger partial charge in [0.1, 0.15) is 12.6 Å². The average Bonchev–Trinajstić information content (AvgIpc) is 3.13. The molecular weight excluding hydrogens is 432 g/mol. The zero-order valence-electron chi connectivity index (χ0n) is 20.2. The minimum atomic E-state index is -0.983. The molecule has 7 heteroatoms. The number of hydrogen-bond donors (Lipinski definition) is 3. The average molecular weight is 467 g/mol. The predicted octanol–water partition coefficient (Wildman–Crippen LogP) is 4.56. The van der Waals surface area contributed by atoms with Gasteiger partial charge in [0.15, 0.2) is 0 Å². The standard InChI is InChI=1S/C27H34N2O5/c1-5-17(4)25(26(32)28-23(16(2)3)14-24(30)31)29-27(33)34-15-22-20-12-8-6-10-18(20)19-11-7-9-13-21(19)22/h6-13,16-17,22-23,25H,5,14-15H2,1-4H3,(H,28,32)(H,29,33)(H,30,31)/t17-,23?,25-/m0/s1. The summed E-state index contributed by atoms with van der Waals surface area (Å²) in [5, 5.41) is 14.7. The molecule has 3 rings (SSSR count). The summed E-state index contributed by atoms with van der Waals surface area (Å²) in [4.78, 5) is 36.9. The molecule has 0 radical (unpaired) electrons. The summed E-state index contributed by atoms with van der Waals surface area (Å²) in [7, 11) is 0. The molecule has 0 aromatic heterocycles. The minimum absolute atomic E-state index is 0.0629. The number of ether oxygens (including phenoxy) is 1. The number of carbonyl (C=O) groups excluding carboxylic acids is 2. The Morgan fingerprint density at radius 3 is 2.00 bits per heavy atom. The summed E-state index contributed by atoms with van der Waals surface area (Å²) >= 11 is 0. The van der Waals surface area contributed by atoms with E-state index in [0.29, 0.717) is 6.42 Å². The normalized spacial score (nSPS) is 15.1. The number of amides is 2. The topological polar surface area (TPSA) is 105 Å². The van der Waals surface area contributed by atoms with Gasteiger partial charge >= 0.3 is 12.1 Å². The van der Waals surface area contributed by atoms with Crippen molar-refractivity contribution in [3.8, 4) is 11.1 Å². The fourth-order valence-corrected chi connectivity index (χ4v) is 4.38. The Kier molecular flexibility index (Phi) is 8.31. The number of carboxylic acid groups (broad SMARTS) is 1. The van der Waals surface area contributed by atoms with Gasteiger partial charge in [0.2, 0.25) is 5.91 Å². The van der Waals surface area contributed by atoms with Crippen LogP contribution in [0.3, 0.4) is 0 Å². The van der Waals surface area contributed by atoms with Gasteiger partial charge in [0.05, 0.1) is 6.42 Å². The maximum atomic E-state index is 13.0. The van der Waals surface area contributed by atoms with Crippen molar-refractivity contribution in [2.24, 2.45) is 11.8 Å². The van der Waals surface area contributed by atoms with Crippen molar-refractivity contribution in [3.05, 3.63) is 59.7 Å². The molecule has 2 amide bonds. The van der Waals surface area contributed by atoms with Crippen LogP contribution in [0, 0.1) is 11.8 Å². The van der Waals surface area contributed by atoms with E-state index in [-0.39, 0.29) is 30.8 Å². The Bertz CT molecular complexity index is 990. The van der Waals surface area contributed by atoms with E-state index < -0.39 is 30.1 Å². The van der Waals surface area contributed by atoms with E-state index in [1.165, 1.54) is 0 Å². The molecule has 0 heterocycles. The van der Waals surface area contributed by atoms with Crippen LogP contribution in [0.15, 0.2) is 48.5 Å². The zero-order chi connectivity index (χ0) is 24.8. The number of nitrogens with one attached hydrogen (secondary N) is 2. The molecule has 7 nitrogen and oxygen atoms in total. The number of aliphatic carboxylic acids is 1. The second kappa shape index (κ2) is 11.2. The molecule has 0 bridgehead atoms. The van der Waals surface area contributed by atoms with Crippen LogP contribution < -0.4 is 10.6 Å². The number of carbonyl (C=O) groups is 3. The van der Waals surface area contributed by atoms with E-state index in [9.17, 15) is 14.4 Å². The second-order valence-corrected chi connectivity index (χ2v) is 9.29. The summed E-state index contributed by atoms with van der Waals surface area (Å²) in [6, 6.07) is 14.8. The summed E-state index contributed by atoms with van der Waals surface area (Å²) in [5.41, 5.74) is 4.51. The lowest BCUT2D eigenvalue weighted by Gasteiger charge is -2.27. The quantitative estimate of drug-likeness (QED) is 0.476. The van der Waals surface area contributed by atoms with Gasteiger partial charge in [-0.05, 0) is 34.1 Å². The number of hydrogen-bond acceptors (Lipinski definition) is 4. The summed E-state index contributed by atoms with van der Waals surface area (Å²) in [6.07, 6.45) is -0.184. The zero-order valence-corrected chi connectivity index (χ0v) is 20.2. The van der Waals surface area contributed by atoms with Gasteiger partial charge in [-0.15, -0.1) is 0 Å². The van der Waals surface area contributed by atoms with Crippen LogP contribution in [-0.4, -0.2) is 41.8 Å². The third-order valence-electron chi connectivity index (χ3n) is 6.64. The highest BCUT2D eigenvalue weighted by Crippen LogP contribution is 2.44. The first kappa shape index (κ1) is 25.3. The molecule has 1 aliphatic carbocycles. The maximum absolute atomic E-state index is 13.0. The molecule has 1 unspecified atom stereocenters. The van der Waals surface area contributed by atoms with Crippen molar-refractivity contribution in [2.45, 2.75) is 58.5 Å². The van der Waals surface area contributed by atoms with E-state index >= 15 is 0 Å². The van der Waals surface area contributed by atoms with E-state index in [2.05, 4.69) is 22.8 Å². The Morgan fingerprint density at radius 1 is 0.941 bits per heavy atom. The van der Waals surface area contributed by atoms with Gasteiger partial charge < -0.3 is 20.5 Å². The minimum Gasteiger partial charge on any atom is -0.481 e. The van der Waals surface area contributed by atoms with Crippen molar-refractivity contribution < 1.29 is 24.2 Å². The van der Waals surface area contributed by atoms with Crippen LogP contribution in [0.5, 0.6) is 0 Å². The first-order valence-electron chi connectivity index (χ1n) is 11.9. The Balaban J connectivity index is 1.68. The number of rotatable bonds is 10. The molecule has 182 valence electrons. The molecule has 34 heavy (non-hydrogen) atoms. The van der Waals surface area contributed by atoms with Crippen LogP contribution in [-0.2, 0) is 14.3 Å². The van der Waals surface area contributed by atoms with E-state index in [1.807, 2.05) is 64.1 Å². The maximum Gasteiger partial charge on any atom is 0.407 e. The van der Waals surface area contributed by atoms with Gasteiger partial charge in [0, 0.05) is 12.0 Å². The highest BCUT2D eigenvalue weighted by molar-refractivity contribution is 5.86. The van der Waals surface area contributed by atoms with Gasteiger partial charge in [-0.1, -0.05) is 82.6 Å². The molecule has 0 fully saturated rings. The molecule has 0 saturated heterocycles. The van der Waals surface area contributed by atoms with Crippen molar-refractivity contribution in [3.63, 3.8) is 0 Å². The van der Waals surface area contributed by atoms with E-state index in [1.54, 1.807) is 0 Å². The van der Waals surface area contributed by atoms with Gasteiger partial charge in [0.25, 0.3) is 0 Å². The fourth-order valence-electron chi connectivity index (χ4n) is 4.38. The summed E-state index contributed by atoms with van der Waals surface area (Å²) in [6.45, 7) is 7.66. The number of alkyl carbamates (subject to hydrolysis) is 1. The summed E-state index contributed by atoms with van der Waals surface area (Å²) in [5.74, 6) is -1.67. The Labute approximate surface area is 200 Å². The second-order valence-electron chi connectivity index (χ2n) is 9.29. The fraction of sp³-hybridized carbons (Fsp3) is 0.444. The molecule has 0 saturated carbocycles. The monoisotopic (exact) mass is 466 g/mol. The van der Waals surface area contributed by atoms with Crippen LogP contribution >= 0.6 is 0 Å².